The van der Waals surface area contributed by atoms with Crippen molar-refractivity contribution in [3.63, 3.8) is 0 Å². The summed E-state index contributed by atoms with van der Waals surface area (Å²) in [7, 11) is 0. The fourth-order valence-corrected chi connectivity index (χ4v) is 4.01. The summed E-state index contributed by atoms with van der Waals surface area (Å²) in [6.45, 7) is 1.94. The molecule has 0 spiro atoms. The summed E-state index contributed by atoms with van der Waals surface area (Å²) in [4.78, 5) is 12.8. The first kappa shape index (κ1) is 15.1. The predicted molar refractivity (Wildman–Crippen MR) is 92.0 cm³/mol. The second kappa shape index (κ2) is 5.59. The van der Waals surface area contributed by atoms with E-state index in [9.17, 15) is 14.3 Å². The molecule has 3 heteroatoms. The molecule has 0 amide bonds. The lowest BCUT2D eigenvalue weighted by atomic mass is 9.81. The van der Waals surface area contributed by atoms with Crippen LogP contribution in [0.2, 0.25) is 0 Å². The molecule has 122 valence electrons. The van der Waals surface area contributed by atoms with Crippen LogP contribution in [0, 0.1) is 24.6 Å². The Hall–Kier alpha value is -2.42. The van der Waals surface area contributed by atoms with Crippen molar-refractivity contribution in [2.24, 2.45) is 11.8 Å². The van der Waals surface area contributed by atoms with Gasteiger partial charge in [-0.2, -0.15) is 0 Å². The fourth-order valence-electron chi connectivity index (χ4n) is 4.01. The van der Waals surface area contributed by atoms with Crippen molar-refractivity contribution in [1.82, 2.24) is 0 Å². The number of hydrogen-bond donors (Lipinski definition) is 1. The van der Waals surface area contributed by atoms with Crippen molar-refractivity contribution >= 4 is 11.4 Å². The molecule has 0 radical (unpaired) electrons. The SMILES string of the molecule is Cc1ccc(-c2cccc(F)c2)cc1C1=C(O)[C@H]2CC[C@H](C2)C1=O. The Morgan fingerprint density at radius 3 is 2.58 bits per heavy atom. The number of hydrogen-bond acceptors (Lipinski definition) is 2. The van der Waals surface area contributed by atoms with E-state index in [1.807, 2.05) is 31.2 Å². The minimum Gasteiger partial charge on any atom is -0.511 e. The van der Waals surface area contributed by atoms with Crippen LogP contribution >= 0.6 is 0 Å². The van der Waals surface area contributed by atoms with Crippen LogP contribution in [0.4, 0.5) is 4.39 Å². The quantitative estimate of drug-likeness (QED) is 0.838. The number of halogens is 1. The molecule has 2 nitrogen and oxygen atoms in total. The minimum atomic E-state index is -0.288. The highest BCUT2D eigenvalue weighted by Gasteiger charge is 2.41. The summed E-state index contributed by atoms with van der Waals surface area (Å²) < 4.78 is 13.5. The molecule has 1 fully saturated rings. The molecule has 4 rings (SSSR count). The van der Waals surface area contributed by atoms with Crippen molar-refractivity contribution in [2.45, 2.75) is 26.2 Å². The summed E-state index contributed by atoms with van der Waals surface area (Å²) in [5.74, 6) is 0.163. The number of Topliss-reactive ketones (excluding diaryl/α,β-unsaturated/α-hetero) is 1. The number of carbonyl (C=O) groups excluding carboxylic acids is 1. The zero-order valence-corrected chi connectivity index (χ0v) is 13.6. The number of benzene rings is 2. The molecule has 2 aromatic carbocycles. The molecular weight excluding hydrogens is 303 g/mol. The molecule has 0 heterocycles. The van der Waals surface area contributed by atoms with Crippen LogP contribution in [0.5, 0.6) is 0 Å². The second-order valence-electron chi connectivity index (χ2n) is 6.87. The third-order valence-electron chi connectivity index (χ3n) is 5.36. The summed E-state index contributed by atoms with van der Waals surface area (Å²) in [5, 5.41) is 10.6. The highest BCUT2D eigenvalue weighted by molar-refractivity contribution is 6.23. The molecule has 0 saturated heterocycles. The van der Waals surface area contributed by atoms with Gasteiger partial charge in [-0.1, -0.05) is 24.3 Å². The van der Waals surface area contributed by atoms with Gasteiger partial charge < -0.3 is 5.11 Å². The van der Waals surface area contributed by atoms with Crippen LogP contribution in [-0.2, 0) is 4.79 Å². The maximum atomic E-state index is 13.5. The van der Waals surface area contributed by atoms with Crippen LogP contribution in [0.3, 0.4) is 0 Å². The van der Waals surface area contributed by atoms with Crippen molar-refractivity contribution in [1.29, 1.82) is 0 Å². The maximum Gasteiger partial charge on any atom is 0.169 e. The van der Waals surface area contributed by atoms with Gasteiger partial charge in [0.05, 0.1) is 5.57 Å². The average molecular weight is 322 g/mol. The molecule has 2 aliphatic carbocycles. The van der Waals surface area contributed by atoms with E-state index in [2.05, 4.69) is 0 Å². The topological polar surface area (TPSA) is 37.3 Å². The van der Waals surface area contributed by atoms with Gasteiger partial charge in [0.2, 0.25) is 0 Å². The Morgan fingerprint density at radius 2 is 1.79 bits per heavy atom. The van der Waals surface area contributed by atoms with Gasteiger partial charge in [0.15, 0.2) is 5.78 Å². The number of ketones is 1. The molecule has 24 heavy (non-hydrogen) atoms. The van der Waals surface area contributed by atoms with E-state index in [0.717, 1.165) is 41.5 Å². The lowest BCUT2D eigenvalue weighted by Crippen LogP contribution is -2.21. The third-order valence-corrected chi connectivity index (χ3v) is 5.36. The Balaban J connectivity index is 1.85. The Bertz CT molecular complexity index is 866. The Morgan fingerprint density at radius 1 is 1.04 bits per heavy atom. The van der Waals surface area contributed by atoms with Gasteiger partial charge in [0.25, 0.3) is 0 Å². The lowest BCUT2D eigenvalue weighted by Gasteiger charge is -2.23. The van der Waals surface area contributed by atoms with E-state index in [4.69, 9.17) is 0 Å². The monoisotopic (exact) mass is 322 g/mol. The molecule has 0 aromatic heterocycles. The third kappa shape index (κ3) is 2.35. The molecule has 1 saturated carbocycles. The smallest absolute Gasteiger partial charge is 0.169 e. The number of aliphatic hydroxyl groups is 1. The largest absolute Gasteiger partial charge is 0.511 e. The van der Waals surface area contributed by atoms with E-state index in [1.54, 1.807) is 6.07 Å². The summed E-state index contributed by atoms with van der Waals surface area (Å²) in [6.07, 6.45) is 2.52. The summed E-state index contributed by atoms with van der Waals surface area (Å²) in [5.41, 5.74) is 3.82. The molecular formula is C21H19FO2. The molecule has 2 aromatic rings. The van der Waals surface area contributed by atoms with Gasteiger partial charge >= 0.3 is 0 Å². The lowest BCUT2D eigenvalue weighted by molar-refractivity contribution is -0.117. The molecule has 2 bridgehead atoms. The number of aliphatic hydroxyl groups excluding tert-OH is 1. The summed E-state index contributed by atoms with van der Waals surface area (Å²) in [6, 6.07) is 12.2. The normalized spacial score (nSPS) is 23.0. The van der Waals surface area contributed by atoms with Gasteiger partial charge in [0, 0.05) is 11.8 Å². The second-order valence-corrected chi connectivity index (χ2v) is 6.87. The van der Waals surface area contributed by atoms with Gasteiger partial charge in [-0.05, 0) is 66.6 Å². The zero-order valence-electron chi connectivity index (χ0n) is 13.6. The number of fused-ring (bicyclic) bond motifs is 2. The van der Waals surface area contributed by atoms with Crippen molar-refractivity contribution in [3.8, 4) is 11.1 Å². The van der Waals surface area contributed by atoms with Crippen LogP contribution in [0.15, 0.2) is 48.2 Å². The summed E-state index contributed by atoms with van der Waals surface area (Å²) >= 11 is 0. The first-order valence-electron chi connectivity index (χ1n) is 8.39. The zero-order chi connectivity index (χ0) is 16.8. The van der Waals surface area contributed by atoms with E-state index >= 15 is 0 Å². The fraction of sp³-hybridized carbons (Fsp3) is 0.286. The van der Waals surface area contributed by atoms with Crippen molar-refractivity contribution < 1.29 is 14.3 Å². The Kier molecular flexibility index (Phi) is 3.52. The first-order valence-corrected chi connectivity index (χ1v) is 8.39. The maximum absolute atomic E-state index is 13.5. The molecule has 2 atom stereocenters. The number of aryl methyl sites for hydroxylation is 1. The Labute approximate surface area is 140 Å². The number of carbonyl (C=O) groups is 1. The highest BCUT2D eigenvalue weighted by Crippen LogP contribution is 2.46. The number of rotatable bonds is 2. The van der Waals surface area contributed by atoms with E-state index in [0.29, 0.717) is 5.57 Å². The van der Waals surface area contributed by atoms with E-state index in [-0.39, 0.29) is 29.2 Å². The van der Waals surface area contributed by atoms with Gasteiger partial charge in [0.1, 0.15) is 11.6 Å². The van der Waals surface area contributed by atoms with Crippen LogP contribution in [0.1, 0.15) is 30.4 Å². The molecule has 0 aliphatic heterocycles. The van der Waals surface area contributed by atoms with Gasteiger partial charge in [-0.25, -0.2) is 4.39 Å². The van der Waals surface area contributed by atoms with Gasteiger partial charge in [-0.15, -0.1) is 0 Å². The van der Waals surface area contributed by atoms with Crippen molar-refractivity contribution in [3.05, 3.63) is 65.2 Å². The first-order chi connectivity index (χ1) is 11.5. The van der Waals surface area contributed by atoms with E-state index in [1.165, 1.54) is 12.1 Å². The minimum absolute atomic E-state index is 0.0399. The number of allylic oxidation sites excluding steroid dienone is 2. The van der Waals surface area contributed by atoms with Crippen LogP contribution < -0.4 is 0 Å². The molecule has 1 N–H and O–H groups in total. The van der Waals surface area contributed by atoms with Crippen molar-refractivity contribution in [2.75, 3.05) is 0 Å². The predicted octanol–water partition coefficient (Wildman–Crippen LogP) is 5.07. The van der Waals surface area contributed by atoms with Crippen LogP contribution in [0.25, 0.3) is 16.7 Å². The highest BCUT2D eigenvalue weighted by atomic mass is 19.1. The van der Waals surface area contributed by atoms with E-state index < -0.39 is 0 Å². The molecule has 0 unspecified atom stereocenters. The van der Waals surface area contributed by atoms with Crippen LogP contribution in [-0.4, -0.2) is 10.9 Å². The average Bonchev–Trinajstić information content (AvgIpc) is 3.02. The molecule has 2 aliphatic rings. The standard InChI is InChI=1S/C21H19FO2/c1-12-5-6-14(13-3-2-4-17(22)10-13)11-18(12)19-20(23)15-7-8-16(9-15)21(19)24/h2-6,10-11,15-16,23H,7-9H2,1H3/t15-,16+/m0/s1. The van der Waals surface area contributed by atoms with Gasteiger partial charge in [-0.3, -0.25) is 4.79 Å².